The Morgan fingerprint density at radius 1 is 0.950 bits per heavy atom. The molecule has 5 heteroatoms. The number of ether oxygens (including phenoxy) is 2. The van der Waals surface area contributed by atoms with Gasteiger partial charge in [0.25, 0.3) is 6.29 Å². The van der Waals surface area contributed by atoms with Gasteiger partial charge < -0.3 is 14.3 Å². The van der Waals surface area contributed by atoms with Crippen molar-refractivity contribution in [1.82, 2.24) is 0 Å². The summed E-state index contributed by atoms with van der Waals surface area (Å²) in [6, 6.07) is 0. The molecule has 5 nitrogen and oxygen atoms in total. The number of esters is 1. The van der Waals surface area contributed by atoms with Crippen LogP contribution in [0.5, 0.6) is 0 Å². The van der Waals surface area contributed by atoms with Crippen LogP contribution >= 0.6 is 0 Å². The normalized spacial score (nSPS) is 10.2. The highest BCUT2D eigenvalue weighted by Crippen LogP contribution is 2.06. The van der Waals surface area contributed by atoms with E-state index < -0.39 is 0 Å². The number of carbonyl (C=O) groups excluding carboxylic acids is 3. The molecule has 0 aromatic rings. The SMILES string of the molecule is CC(=O)CCCCCCC(=O)OCCOCCCC=[OH+]. The molecule has 0 aliphatic heterocycles. The largest absolute Gasteiger partial charge is 0.463 e. The molecule has 0 bridgehead atoms. The summed E-state index contributed by atoms with van der Waals surface area (Å²) in [6.07, 6.45) is 7.21. The Morgan fingerprint density at radius 2 is 1.65 bits per heavy atom. The smallest absolute Gasteiger partial charge is 0.305 e. The predicted molar refractivity (Wildman–Crippen MR) is 77.4 cm³/mol. The molecular weight excluding hydrogens is 260 g/mol. The van der Waals surface area contributed by atoms with Crippen LogP contribution in [0.4, 0.5) is 0 Å². The van der Waals surface area contributed by atoms with Gasteiger partial charge in [-0.25, -0.2) is 0 Å². The average Bonchev–Trinajstić information content (AvgIpc) is 2.41. The minimum atomic E-state index is -0.191. The highest BCUT2D eigenvalue weighted by Gasteiger charge is 2.02. The number of hydrogen-bond acceptors (Lipinski definition) is 4. The van der Waals surface area contributed by atoms with E-state index in [4.69, 9.17) is 14.3 Å². The van der Waals surface area contributed by atoms with Crippen LogP contribution in [0, 0.1) is 0 Å². The Balaban J connectivity index is 3.20. The van der Waals surface area contributed by atoms with Crippen molar-refractivity contribution in [2.75, 3.05) is 19.8 Å². The van der Waals surface area contributed by atoms with E-state index in [1.807, 2.05) is 0 Å². The molecule has 0 unspecified atom stereocenters. The molecule has 0 spiro atoms. The Bertz CT molecular complexity index is 275. The van der Waals surface area contributed by atoms with Crippen LogP contribution in [0.25, 0.3) is 0 Å². The first-order valence-electron chi connectivity index (χ1n) is 7.35. The Hall–Kier alpha value is -1.23. The second-order valence-corrected chi connectivity index (χ2v) is 4.77. The molecule has 0 rings (SSSR count). The Morgan fingerprint density at radius 3 is 2.30 bits per heavy atom. The number of hydrogen-bond donors (Lipinski definition) is 0. The molecule has 0 radical (unpaired) electrons. The van der Waals surface area contributed by atoms with Crippen molar-refractivity contribution in [3.05, 3.63) is 0 Å². The van der Waals surface area contributed by atoms with E-state index in [0.29, 0.717) is 32.5 Å². The minimum absolute atomic E-state index is 0.191. The highest BCUT2D eigenvalue weighted by molar-refractivity contribution is 5.75. The molecule has 0 aromatic carbocycles. The van der Waals surface area contributed by atoms with Crippen LogP contribution in [-0.2, 0) is 19.1 Å². The highest BCUT2D eigenvalue weighted by atomic mass is 16.6. The minimum Gasteiger partial charge on any atom is -0.463 e. The fourth-order valence-corrected chi connectivity index (χ4v) is 1.66. The molecule has 20 heavy (non-hydrogen) atoms. The first-order valence-corrected chi connectivity index (χ1v) is 7.35. The summed E-state index contributed by atoms with van der Waals surface area (Å²) in [6.45, 7) is 2.84. The van der Waals surface area contributed by atoms with Crippen LogP contribution < -0.4 is 0 Å². The van der Waals surface area contributed by atoms with Gasteiger partial charge in [-0.1, -0.05) is 12.8 Å². The maximum atomic E-state index is 11.3. The van der Waals surface area contributed by atoms with Crippen molar-refractivity contribution >= 4 is 18.0 Å². The number of Topliss-reactive ketones (excluding diaryl/α,β-unsaturated/α-hetero) is 1. The third-order valence-electron chi connectivity index (χ3n) is 2.77. The van der Waals surface area contributed by atoms with E-state index in [-0.39, 0.29) is 18.4 Å². The van der Waals surface area contributed by atoms with E-state index in [0.717, 1.165) is 38.4 Å². The summed E-state index contributed by atoms with van der Waals surface area (Å²) in [5.41, 5.74) is 0. The van der Waals surface area contributed by atoms with Crippen molar-refractivity contribution in [3.8, 4) is 0 Å². The zero-order valence-corrected chi connectivity index (χ0v) is 12.4. The monoisotopic (exact) mass is 287 g/mol. The molecule has 0 amide bonds. The van der Waals surface area contributed by atoms with Gasteiger partial charge in [-0.05, 0) is 26.2 Å². The fourth-order valence-electron chi connectivity index (χ4n) is 1.66. The Kier molecular flexibility index (Phi) is 13.3. The molecule has 0 aliphatic carbocycles. The van der Waals surface area contributed by atoms with E-state index in [9.17, 15) is 9.59 Å². The molecule has 0 saturated heterocycles. The van der Waals surface area contributed by atoms with Crippen molar-refractivity contribution in [2.24, 2.45) is 0 Å². The lowest BCUT2D eigenvalue weighted by molar-refractivity contribution is -0.145. The lowest BCUT2D eigenvalue weighted by Crippen LogP contribution is -2.11. The van der Waals surface area contributed by atoms with Gasteiger partial charge in [0, 0.05) is 19.4 Å². The van der Waals surface area contributed by atoms with E-state index in [1.54, 1.807) is 6.92 Å². The second kappa shape index (κ2) is 14.2. The van der Waals surface area contributed by atoms with E-state index >= 15 is 0 Å². The summed E-state index contributed by atoms with van der Waals surface area (Å²) in [7, 11) is 0. The lowest BCUT2D eigenvalue weighted by Gasteiger charge is -2.05. The molecular formula is C15H27O5+. The average molecular weight is 287 g/mol. The van der Waals surface area contributed by atoms with Gasteiger partial charge in [0.15, 0.2) is 0 Å². The van der Waals surface area contributed by atoms with Gasteiger partial charge in [-0.15, -0.1) is 0 Å². The fraction of sp³-hybridized carbons (Fsp3) is 0.800. The van der Waals surface area contributed by atoms with Gasteiger partial charge in [0.1, 0.15) is 12.4 Å². The molecule has 0 fully saturated rings. The third-order valence-corrected chi connectivity index (χ3v) is 2.77. The first kappa shape index (κ1) is 18.8. The predicted octanol–water partition coefficient (Wildman–Crippen LogP) is 2.43. The van der Waals surface area contributed by atoms with Gasteiger partial charge in [0.2, 0.25) is 0 Å². The molecule has 1 N–H and O–H groups in total. The number of rotatable bonds is 14. The molecule has 0 aromatic heterocycles. The summed E-state index contributed by atoms with van der Waals surface area (Å²) in [5, 5.41) is 0. The van der Waals surface area contributed by atoms with E-state index in [2.05, 4.69) is 0 Å². The number of carbonyl (C=O) groups is 2. The second-order valence-electron chi connectivity index (χ2n) is 4.77. The summed E-state index contributed by atoms with van der Waals surface area (Å²) < 4.78 is 10.2. The van der Waals surface area contributed by atoms with Gasteiger partial charge in [0.05, 0.1) is 13.0 Å². The van der Waals surface area contributed by atoms with Crippen LogP contribution in [-0.4, -0.2) is 42.7 Å². The Labute approximate surface area is 121 Å². The zero-order valence-electron chi connectivity index (χ0n) is 12.4. The maximum Gasteiger partial charge on any atom is 0.305 e. The molecule has 116 valence electrons. The summed E-state index contributed by atoms with van der Waals surface area (Å²) in [5.74, 6) is 0.0325. The quantitative estimate of drug-likeness (QED) is 0.213. The van der Waals surface area contributed by atoms with Crippen LogP contribution in [0.2, 0.25) is 0 Å². The van der Waals surface area contributed by atoms with E-state index in [1.165, 1.54) is 0 Å². The number of unbranched alkanes of at least 4 members (excludes halogenated alkanes) is 4. The van der Waals surface area contributed by atoms with Gasteiger partial charge in [-0.3, -0.25) is 9.59 Å². The molecule has 0 heterocycles. The first-order chi connectivity index (χ1) is 9.66. The topological polar surface area (TPSA) is 74.0 Å². The van der Waals surface area contributed by atoms with Crippen molar-refractivity contribution in [3.63, 3.8) is 0 Å². The lowest BCUT2D eigenvalue weighted by atomic mass is 10.1. The number of ketones is 1. The molecule has 0 saturated carbocycles. The van der Waals surface area contributed by atoms with Crippen molar-refractivity contribution in [1.29, 1.82) is 0 Å². The summed E-state index contributed by atoms with van der Waals surface area (Å²) >= 11 is 0. The number of aldehydes is 1. The molecule has 0 aliphatic rings. The zero-order chi connectivity index (χ0) is 15.1. The van der Waals surface area contributed by atoms with Crippen molar-refractivity contribution in [2.45, 2.75) is 58.3 Å². The standard InChI is InChI=1S/C15H26O5/c1-14(17)8-4-2-3-5-9-15(18)20-13-12-19-11-7-6-10-16/h10H,2-9,11-13H2,1H3/p+1. The maximum absolute atomic E-state index is 11.3. The van der Waals surface area contributed by atoms with Crippen molar-refractivity contribution < 1.29 is 23.9 Å². The van der Waals surface area contributed by atoms with Gasteiger partial charge in [-0.2, -0.15) is 0 Å². The van der Waals surface area contributed by atoms with Crippen LogP contribution in [0.1, 0.15) is 58.3 Å². The van der Waals surface area contributed by atoms with Gasteiger partial charge >= 0.3 is 5.97 Å². The van der Waals surface area contributed by atoms with Crippen LogP contribution in [0.3, 0.4) is 0 Å². The van der Waals surface area contributed by atoms with Crippen LogP contribution in [0.15, 0.2) is 0 Å². The summed E-state index contributed by atoms with van der Waals surface area (Å²) in [4.78, 5) is 30.5. The molecule has 0 atom stereocenters. The third kappa shape index (κ3) is 14.8.